The highest BCUT2D eigenvalue weighted by molar-refractivity contribution is 6.27. The predicted molar refractivity (Wildman–Crippen MR) is 174 cm³/mol. The molecule has 14 nitrogen and oxygen atoms in total. The van der Waals surface area contributed by atoms with Crippen LogP contribution in [0.15, 0.2) is 34.8 Å². The van der Waals surface area contributed by atoms with Crippen LogP contribution in [-0.4, -0.2) is 92.6 Å². The van der Waals surface area contributed by atoms with Crippen molar-refractivity contribution in [2.45, 2.75) is 71.9 Å². The Balaban J connectivity index is 2.15. The Morgan fingerprint density at radius 1 is 0.939 bits per heavy atom. The Morgan fingerprint density at radius 2 is 1.59 bits per heavy atom. The van der Waals surface area contributed by atoms with Crippen LogP contribution in [0.3, 0.4) is 0 Å². The molecule has 3 aliphatic carbocycles. The first-order valence-corrected chi connectivity index (χ1v) is 16.1. The van der Waals surface area contributed by atoms with Gasteiger partial charge in [-0.25, -0.2) is 0 Å². The minimum atomic E-state index is -2.55. The molecule has 3 aliphatic rings. The Labute approximate surface area is 284 Å². The van der Waals surface area contributed by atoms with Crippen LogP contribution in [0.4, 0.5) is 5.69 Å². The molecule has 264 valence electrons. The Morgan fingerprint density at radius 3 is 2.12 bits per heavy atom. The van der Waals surface area contributed by atoms with E-state index in [9.17, 15) is 33.6 Å². The van der Waals surface area contributed by atoms with Gasteiger partial charge in [0.1, 0.15) is 17.1 Å². The number of amides is 2. The molecule has 1 aromatic carbocycles. The van der Waals surface area contributed by atoms with Crippen LogP contribution in [0, 0.1) is 11.8 Å². The summed E-state index contributed by atoms with van der Waals surface area (Å²) in [5, 5.41) is 2.04. The summed E-state index contributed by atoms with van der Waals surface area (Å²) in [6.07, 6.45) is 1.81. The first kappa shape index (κ1) is 37.0. The zero-order valence-corrected chi connectivity index (χ0v) is 29.3. The zero-order valence-electron chi connectivity index (χ0n) is 29.3. The second kappa shape index (κ2) is 14.3. The number of nitrogens with one attached hydrogen (secondary N) is 1. The molecule has 0 heterocycles. The van der Waals surface area contributed by atoms with Crippen LogP contribution in [0.2, 0.25) is 0 Å². The normalized spacial score (nSPS) is 22.9. The number of nitrogens with zero attached hydrogens (tertiary/aromatic N) is 2. The van der Waals surface area contributed by atoms with E-state index in [0.29, 0.717) is 17.9 Å². The number of unbranched alkanes of at least 4 members (excludes halogenated alkanes) is 1. The standard InChI is InChI=1S/C35H43N3O11/c1-10-11-14-46-25-13-12-24(37(6)7)22-15-21-16-23-29(38(8)9)31(47-18(3)40)28(34(45)36-17(2)39)32(44)35(23,49-20(5)42)33(48-19(4)41)26(21)30(43)27(22)25/h12-13,21,23,29H,10-11,14-16H2,1-9H3,(H,36,39,45)/t21-,23-,29?,35+/m0/s1. The van der Waals surface area contributed by atoms with Crippen LogP contribution in [0.25, 0.3) is 0 Å². The molecule has 1 unspecified atom stereocenters. The minimum absolute atomic E-state index is 0.00664. The number of carbonyl (C=O) groups excluding carboxylic acids is 7. The fraction of sp³-hybridized carbons (Fsp3) is 0.514. The third kappa shape index (κ3) is 6.74. The summed E-state index contributed by atoms with van der Waals surface area (Å²) >= 11 is 0. The van der Waals surface area contributed by atoms with Crippen molar-refractivity contribution in [3.8, 4) is 5.75 Å². The molecule has 2 amide bonds. The lowest BCUT2D eigenvalue weighted by molar-refractivity contribution is -0.181. The number of hydrogen-bond acceptors (Lipinski definition) is 13. The van der Waals surface area contributed by atoms with Gasteiger partial charge in [0, 0.05) is 59.0 Å². The largest absolute Gasteiger partial charge is 0.493 e. The molecule has 1 aromatic rings. The second-order valence-electron chi connectivity index (χ2n) is 12.9. The number of esters is 3. The lowest BCUT2D eigenvalue weighted by Gasteiger charge is -2.52. The van der Waals surface area contributed by atoms with E-state index in [2.05, 4.69) is 0 Å². The number of Topliss-reactive ketones (excluding diaryl/α,β-unsaturated/α-hetero) is 2. The van der Waals surface area contributed by atoms with Crippen molar-refractivity contribution in [1.29, 1.82) is 0 Å². The van der Waals surface area contributed by atoms with Crippen LogP contribution in [-0.2, 0) is 49.4 Å². The highest BCUT2D eigenvalue weighted by atomic mass is 16.6. The average Bonchev–Trinajstić information content (AvgIpc) is 2.96. The van der Waals surface area contributed by atoms with Crippen molar-refractivity contribution in [2.75, 3.05) is 39.7 Å². The zero-order chi connectivity index (χ0) is 36.5. The molecular formula is C35H43N3O11. The summed E-state index contributed by atoms with van der Waals surface area (Å²) in [6, 6.07) is 2.41. The fourth-order valence-corrected chi connectivity index (χ4v) is 7.15. The third-order valence-corrected chi connectivity index (χ3v) is 8.80. The van der Waals surface area contributed by atoms with Gasteiger partial charge in [0.25, 0.3) is 5.91 Å². The maximum atomic E-state index is 14.9. The summed E-state index contributed by atoms with van der Waals surface area (Å²) in [5.41, 5.74) is -1.78. The van der Waals surface area contributed by atoms with Gasteiger partial charge in [-0.1, -0.05) is 13.3 Å². The van der Waals surface area contributed by atoms with Gasteiger partial charge in [0.2, 0.25) is 17.3 Å². The van der Waals surface area contributed by atoms with Crippen LogP contribution in [0.1, 0.15) is 69.8 Å². The van der Waals surface area contributed by atoms with Crippen molar-refractivity contribution < 1.29 is 52.5 Å². The monoisotopic (exact) mass is 681 g/mol. The van der Waals surface area contributed by atoms with E-state index in [1.807, 2.05) is 37.3 Å². The highest BCUT2D eigenvalue weighted by Crippen LogP contribution is 2.56. The van der Waals surface area contributed by atoms with E-state index in [-0.39, 0.29) is 29.7 Å². The van der Waals surface area contributed by atoms with Crippen LogP contribution >= 0.6 is 0 Å². The molecule has 1 N–H and O–H groups in total. The van der Waals surface area contributed by atoms with Crippen molar-refractivity contribution in [3.63, 3.8) is 0 Å². The smallest absolute Gasteiger partial charge is 0.307 e. The highest BCUT2D eigenvalue weighted by Gasteiger charge is 2.68. The van der Waals surface area contributed by atoms with Crippen molar-refractivity contribution in [3.05, 3.63) is 45.9 Å². The molecular weight excluding hydrogens is 638 g/mol. The lowest BCUT2D eigenvalue weighted by Crippen LogP contribution is -2.66. The number of imide groups is 1. The van der Waals surface area contributed by atoms with Crippen molar-refractivity contribution in [1.82, 2.24) is 10.2 Å². The topological polar surface area (TPSA) is 175 Å². The van der Waals surface area contributed by atoms with Gasteiger partial charge in [-0.15, -0.1) is 0 Å². The number of likely N-dealkylation sites (N-methyl/N-ethyl adjacent to an activating group) is 1. The molecule has 4 atom stereocenters. The second-order valence-corrected chi connectivity index (χ2v) is 12.9. The lowest BCUT2D eigenvalue weighted by atomic mass is 9.58. The molecule has 0 saturated heterocycles. The SMILES string of the molecule is CCCCOc1ccc(N(C)C)c2c1C(=O)C1=C(OC(C)=O)[C@]3(OC(C)=O)C(=O)C(C(=O)NC(C)=O)=C(OC(C)=O)C(N(C)C)[C@@H]3C[C@@H]1C2. The number of fused-ring (bicyclic) bond motifs is 3. The number of ether oxygens (including phenoxy) is 4. The van der Waals surface area contributed by atoms with Crippen LogP contribution in [0.5, 0.6) is 5.75 Å². The van der Waals surface area contributed by atoms with Crippen molar-refractivity contribution >= 4 is 47.0 Å². The fourth-order valence-electron chi connectivity index (χ4n) is 7.15. The maximum absolute atomic E-state index is 14.9. The van der Waals surface area contributed by atoms with E-state index in [1.165, 1.54) is 0 Å². The van der Waals surface area contributed by atoms with Gasteiger partial charge < -0.3 is 23.8 Å². The Bertz CT molecular complexity index is 1690. The number of rotatable bonds is 10. The minimum Gasteiger partial charge on any atom is -0.493 e. The molecule has 0 aliphatic heterocycles. The third-order valence-electron chi connectivity index (χ3n) is 8.80. The van der Waals surface area contributed by atoms with Gasteiger partial charge in [-0.2, -0.15) is 0 Å². The summed E-state index contributed by atoms with van der Waals surface area (Å²) in [5.74, 6) is -9.08. The first-order valence-electron chi connectivity index (χ1n) is 16.1. The van der Waals surface area contributed by atoms with Gasteiger partial charge in [0.05, 0.1) is 18.2 Å². The number of ketones is 2. The van der Waals surface area contributed by atoms with E-state index in [1.54, 1.807) is 25.1 Å². The number of anilines is 1. The van der Waals surface area contributed by atoms with Gasteiger partial charge >= 0.3 is 17.9 Å². The molecule has 0 fully saturated rings. The van der Waals surface area contributed by atoms with Gasteiger partial charge in [-0.3, -0.25) is 43.8 Å². The van der Waals surface area contributed by atoms with E-state index in [0.717, 1.165) is 46.2 Å². The molecule has 0 saturated carbocycles. The van der Waals surface area contributed by atoms with E-state index in [4.69, 9.17) is 18.9 Å². The summed E-state index contributed by atoms with van der Waals surface area (Å²) in [7, 11) is 6.87. The average molecular weight is 682 g/mol. The summed E-state index contributed by atoms with van der Waals surface area (Å²) in [6.45, 7) is 6.57. The van der Waals surface area contributed by atoms with E-state index >= 15 is 0 Å². The Hall–Kier alpha value is -4.85. The number of carbonyl (C=O) groups is 7. The molecule has 49 heavy (non-hydrogen) atoms. The quantitative estimate of drug-likeness (QED) is 0.165. The summed E-state index contributed by atoms with van der Waals surface area (Å²) in [4.78, 5) is 97.1. The number of allylic oxidation sites excluding steroid dienone is 1. The van der Waals surface area contributed by atoms with Gasteiger partial charge in [-0.05, 0) is 57.0 Å². The summed E-state index contributed by atoms with van der Waals surface area (Å²) < 4.78 is 23.3. The van der Waals surface area contributed by atoms with Gasteiger partial charge in [0.15, 0.2) is 11.5 Å². The number of hydrogen-bond donors (Lipinski definition) is 1. The molecule has 0 aromatic heterocycles. The first-order chi connectivity index (χ1) is 23.0. The van der Waals surface area contributed by atoms with Crippen molar-refractivity contribution in [2.24, 2.45) is 11.8 Å². The molecule has 4 rings (SSSR count). The molecule has 14 heteroatoms. The molecule has 0 spiro atoms. The maximum Gasteiger partial charge on any atom is 0.307 e. The Kier molecular flexibility index (Phi) is 10.8. The number of benzene rings is 1. The predicted octanol–water partition coefficient (Wildman–Crippen LogP) is 2.42. The molecule has 0 radical (unpaired) electrons. The van der Waals surface area contributed by atoms with Crippen LogP contribution < -0.4 is 15.0 Å². The molecule has 0 bridgehead atoms. The van der Waals surface area contributed by atoms with E-state index < -0.39 is 76.1 Å².